The number of nitrogens with one attached hydrogen (secondary N) is 1. The van der Waals surface area contributed by atoms with Gasteiger partial charge in [-0.05, 0) is 36.4 Å². The lowest BCUT2D eigenvalue weighted by Gasteiger charge is -2.14. The summed E-state index contributed by atoms with van der Waals surface area (Å²) in [4.78, 5) is 0.108. The molecule has 1 N–H and O–H groups in total. The highest BCUT2D eigenvalue weighted by Gasteiger charge is 2.25. The Hall–Kier alpha value is -2.49. The molecular weight excluding hydrogens is 362 g/mol. The number of furan rings is 2. The molecule has 3 heterocycles. The van der Waals surface area contributed by atoms with E-state index in [1.807, 2.05) is 0 Å². The van der Waals surface area contributed by atoms with Gasteiger partial charge in [0.2, 0.25) is 10.0 Å². The first-order valence-electron chi connectivity index (χ1n) is 7.43. The van der Waals surface area contributed by atoms with Crippen LogP contribution in [0.1, 0.15) is 17.4 Å². The van der Waals surface area contributed by atoms with Gasteiger partial charge < -0.3 is 8.83 Å². The molecule has 0 atom stereocenters. The summed E-state index contributed by atoms with van der Waals surface area (Å²) < 4.78 is 47.2. The van der Waals surface area contributed by atoms with Crippen molar-refractivity contribution in [2.75, 3.05) is 6.54 Å². The van der Waals surface area contributed by atoms with E-state index < -0.39 is 10.0 Å². The number of aromatic nitrogens is 2. The number of sulfonamides is 1. The third kappa shape index (κ3) is 3.09. The highest BCUT2D eigenvalue weighted by atomic mass is 32.2. The highest BCUT2D eigenvalue weighted by molar-refractivity contribution is 7.89. The molecule has 4 aromatic rings. The second kappa shape index (κ2) is 6.43. The van der Waals surface area contributed by atoms with E-state index in [0.717, 1.165) is 11.7 Å². The van der Waals surface area contributed by atoms with Crippen LogP contribution in [0.2, 0.25) is 0 Å². The maximum absolute atomic E-state index is 12.8. The van der Waals surface area contributed by atoms with Crippen LogP contribution in [0, 0.1) is 0 Å². The molecule has 9 heteroatoms. The predicted molar refractivity (Wildman–Crippen MR) is 91.9 cm³/mol. The Morgan fingerprint density at radius 2 is 1.72 bits per heavy atom. The van der Waals surface area contributed by atoms with Gasteiger partial charge in [-0.3, -0.25) is 0 Å². The molecule has 3 aromatic heterocycles. The monoisotopic (exact) mass is 375 g/mol. The zero-order valence-corrected chi connectivity index (χ0v) is 14.5. The lowest BCUT2D eigenvalue weighted by Crippen LogP contribution is -2.29. The molecule has 25 heavy (non-hydrogen) atoms. The standard InChI is InChI=1S/C16H13N3O4S2/c20-25(21,15-7-1-4-12-16(15)19-24-18-12)17-10-11(13-5-2-8-22-13)14-6-3-9-23-14/h1-9,11,17H,10H2. The van der Waals surface area contributed by atoms with E-state index in [2.05, 4.69) is 13.5 Å². The van der Waals surface area contributed by atoms with Crippen LogP contribution >= 0.6 is 11.7 Å². The van der Waals surface area contributed by atoms with Crippen molar-refractivity contribution in [3.8, 4) is 0 Å². The van der Waals surface area contributed by atoms with Crippen molar-refractivity contribution in [1.29, 1.82) is 0 Å². The van der Waals surface area contributed by atoms with Crippen LogP contribution in [0.4, 0.5) is 0 Å². The van der Waals surface area contributed by atoms with Crippen LogP contribution in [-0.4, -0.2) is 23.7 Å². The van der Waals surface area contributed by atoms with Crippen molar-refractivity contribution in [2.45, 2.75) is 10.8 Å². The molecule has 0 aliphatic heterocycles. The molecule has 0 fully saturated rings. The van der Waals surface area contributed by atoms with E-state index in [4.69, 9.17) is 8.83 Å². The topological polar surface area (TPSA) is 98.2 Å². The minimum absolute atomic E-state index is 0.0946. The smallest absolute Gasteiger partial charge is 0.242 e. The molecule has 0 spiro atoms. The van der Waals surface area contributed by atoms with E-state index in [-0.39, 0.29) is 17.4 Å². The summed E-state index contributed by atoms with van der Waals surface area (Å²) in [5.41, 5.74) is 0.925. The molecule has 0 bridgehead atoms. The molecule has 1 aromatic carbocycles. The van der Waals surface area contributed by atoms with Crippen molar-refractivity contribution < 1.29 is 17.3 Å². The van der Waals surface area contributed by atoms with Crippen LogP contribution in [0.15, 0.2) is 68.7 Å². The molecule has 0 radical (unpaired) electrons. The largest absolute Gasteiger partial charge is 0.469 e. The van der Waals surface area contributed by atoms with Gasteiger partial charge in [0, 0.05) is 6.54 Å². The van der Waals surface area contributed by atoms with Crippen LogP contribution in [0.25, 0.3) is 11.0 Å². The number of fused-ring (bicyclic) bond motifs is 1. The molecule has 0 unspecified atom stereocenters. The van der Waals surface area contributed by atoms with Crippen molar-refractivity contribution >= 4 is 32.8 Å². The highest BCUT2D eigenvalue weighted by Crippen LogP contribution is 2.26. The zero-order valence-electron chi connectivity index (χ0n) is 12.8. The summed E-state index contributed by atoms with van der Waals surface area (Å²) >= 11 is 0.981. The summed E-state index contributed by atoms with van der Waals surface area (Å²) in [7, 11) is -3.76. The number of hydrogen-bond donors (Lipinski definition) is 1. The molecule has 0 aliphatic carbocycles. The van der Waals surface area contributed by atoms with E-state index >= 15 is 0 Å². The van der Waals surface area contributed by atoms with E-state index in [1.165, 1.54) is 6.07 Å². The Kier molecular flexibility index (Phi) is 4.12. The minimum atomic E-state index is -3.76. The van der Waals surface area contributed by atoms with Gasteiger partial charge in [-0.25, -0.2) is 13.1 Å². The van der Waals surface area contributed by atoms with Crippen LogP contribution < -0.4 is 4.72 Å². The maximum Gasteiger partial charge on any atom is 0.242 e. The Labute approximate surface area is 147 Å². The third-order valence-electron chi connectivity index (χ3n) is 3.79. The third-order valence-corrected chi connectivity index (χ3v) is 5.79. The number of benzene rings is 1. The fourth-order valence-corrected chi connectivity index (χ4v) is 4.40. The van der Waals surface area contributed by atoms with E-state index in [1.54, 1.807) is 48.9 Å². The Morgan fingerprint density at radius 1 is 1.00 bits per heavy atom. The van der Waals surface area contributed by atoms with Gasteiger partial charge in [0.1, 0.15) is 27.4 Å². The lowest BCUT2D eigenvalue weighted by atomic mass is 10.0. The fourth-order valence-electron chi connectivity index (χ4n) is 2.59. The summed E-state index contributed by atoms with van der Waals surface area (Å²) in [6, 6.07) is 12.0. The second-order valence-electron chi connectivity index (χ2n) is 5.32. The quantitative estimate of drug-likeness (QED) is 0.556. The first-order valence-corrected chi connectivity index (χ1v) is 9.64. The first-order chi connectivity index (χ1) is 12.1. The summed E-state index contributed by atoms with van der Waals surface area (Å²) in [6.45, 7) is 0.0946. The van der Waals surface area contributed by atoms with Crippen molar-refractivity contribution in [3.05, 3.63) is 66.5 Å². The first kappa shape index (κ1) is 16.0. The van der Waals surface area contributed by atoms with Gasteiger partial charge in [0.05, 0.1) is 30.2 Å². The summed E-state index contributed by atoms with van der Waals surface area (Å²) in [5.74, 6) is 0.866. The van der Waals surface area contributed by atoms with Crippen LogP contribution in [0.3, 0.4) is 0 Å². The number of hydrogen-bond acceptors (Lipinski definition) is 7. The fraction of sp³-hybridized carbons (Fsp3) is 0.125. The van der Waals surface area contributed by atoms with Crippen molar-refractivity contribution in [3.63, 3.8) is 0 Å². The molecule has 0 saturated heterocycles. The van der Waals surface area contributed by atoms with Gasteiger partial charge in [0.25, 0.3) is 0 Å². The van der Waals surface area contributed by atoms with Gasteiger partial charge in [0.15, 0.2) is 0 Å². The van der Waals surface area contributed by atoms with Gasteiger partial charge in [-0.15, -0.1) is 0 Å². The van der Waals surface area contributed by atoms with Crippen LogP contribution in [0.5, 0.6) is 0 Å². The average Bonchev–Trinajstić information content (AvgIpc) is 3.36. The Balaban J connectivity index is 1.63. The summed E-state index contributed by atoms with van der Waals surface area (Å²) in [5, 5.41) is 0. The van der Waals surface area contributed by atoms with E-state index in [0.29, 0.717) is 22.6 Å². The number of nitrogens with zero attached hydrogens (tertiary/aromatic N) is 2. The molecule has 128 valence electrons. The Morgan fingerprint density at radius 3 is 2.36 bits per heavy atom. The predicted octanol–water partition coefficient (Wildman–Crippen LogP) is 2.99. The SMILES string of the molecule is O=S(=O)(NCC(c1ccco1)c1ccco1)c1cccc2nsnc12. The molecule has 0 saturated carbocycles. The molecule has 4 rings (SSSR count). The van der Waals surface area contributed by atoms with E-state index in [9.17, 15) is 8.42 Å². The van der Waals surface area contributed by atoms with Gasteiger partial charge in [-0.1, -0.05) is 6.07 Å². The van der Waals surface area contributed by atoms with Gasteiger partial charge in [-0.2, -0.15) is 8.75 Å². The second-order valence-corrected chi connectivity index (χ2v) is 7.59. The number of rotatable bonds is 6. The van der Waals surface area contributed by atoms with Crippen molar-refractivity contribution in [1.82, 2.24) is 13.5 Å². The average molecular weight is 375 g/mol. The zero-order chi connectivity index (χ0) is 17.3. The van der Waals surface area contributed by atoms with Gasteiger partial charge >= 0.3 is 0 Å². The van der Waals surface area contributed by atoms with Crippen LogP contribution in [-0.2, 0) is 10.0 Å². The summed E-state index contributed by atoms with van der Waals surface area (Å²) in [6.07, 6.45) is 3.09. The Bertz CT molecular complexity index is 1040. The lowest BCUT2D eigenvalue weighted by molar-refractivity contribution is 0.424. The molecule has 7 nitrogen and oxygen atoms in total. The maximum atomic E-state index is 12.8. The molecule has 0 amide bonds. The molecular formula is C16H13N3O4S2. The normalized spacial score (nSPS) is 12.2. The molecule has 0 aliphatic rings. The van der Waals surface area contributed by atoms with Crippen molar-refractivity contribution in [2.24, 2.45) is 0 Å². The minimum Gasteiger partial charge on any atom is -0.469 e.